The zero-order chi connectivity index (χ0) is 23.9. The first-order valence-electron chi connectivity index (χ1n) is 9.73. The van der Waals surface area contributed by atoms with E-state index < -0.39 is 35.5 Å². The summed E-state index contributed by atoms with van der Waals surface area (Å²) in [7, 11) is 0. The average Bonchev–Trinajstić information content (AvgIpc) is 3.14. The third kappa shape index (κ3) is 5.63. The number of aromatic nitrogens is 2. The topological polar surface area (TPSA) is 97.9 Å². The quantitative estimate of drug-likeness (QED) is 0.692. The number of amides is 1. The van der Waals surface area contributed by atoms with E-state index in [-0.39, 0.29) is 41.7 Å². The Morgan fingerprint density at radius 2 is 2.03 bits per heavy atom. The second-order valence-electron chi connectivity index (χ2n) is 8.71. The molecule has 0 radical (unpaired) electrons. The van der Waals surface area contributed by atoms with Crippen LogP contribution in [0, 0.1) is 0 Å². The Morgan fingerprint density at radius 3 is 2.59 bits per heavy atom. The molecule has 0 aliphatic carbocycles. The van der Waals surface area contributed by atoms with Crippen LogP contribution in [0.1, 0.15) is 40.0 Å². The van der Waals surface area contributed by atoms with Gasteiger partial charge in [0.25, 0.3) is 0 Å². The van der Waals surface area contributed by atoms with E-state index in [1.165, 1.54) is 23.1 Å². The van der Waals surface area contributed by atoms with Gasteiger partial charge in [0.1, 0.15) is 23.1 Å². The van der Waals surface area contributed by atoms with E-state index >= 15 is 0 Å². The van der Waals surface area contributed by atoms with Crippen LogP contribution < -0.4 is 4.74 Å². The normalized spacial score (nSPS) is 22.0. The van der Waals surface area contributed by atoms with Gasteiger partial charge in [-0.1, -0.05) is 16.8 Å². The zero-order valence-corrected chi connectivity index (χ0v) is 18.6. The van der Waals surface area contributed by atoms with Crippen LogP contribution in [-0.2, 0) is 10.9 Å². The molecule has 1 N–H and O–H groups in total. The maximum atomic E-state index is 12.7. The van der Waals surface area contributed by atoms with Gasteiger partial charge >= 0.3 is 18.2 Å². The first-order valence-corrected chi connectivity index (χ1v) is 10.1. The van der Waals surface area contributed by atoms with E-state index in [9.17, 15) is 23.1 Å². The maximum absolute atomic E-state index is 12.7. The van der Waals surface area contributed by atoms with Crippen LogP contribution in [-0.4, -0.2) is 56.6 Å². The molecule has 1 aromatic heterocycles. The number of benzene rings is 1. The highest BCUT2D eigenvalue weighted by atomic mass is 35.5. The van der Waals surface area contributed by atoms with Crippen molar-refractivity contribution in [2.24, 2.45) is 0 Å². The van der Waals surface area contributed by atoms with Gasteiger partial charge in [-0.05, 0) is 52.3 Å². The SMILES string of the molecule is CC(C)(C)OC(=O)N1CC[C@@](C)(O)[C@H](Oc2ccc(-c3noc(C(F)(F)F)n3)cc2Cl)C1. The van der Waals surface area contributed by atoms with Crippen LogP contribution in [0.5, 0.6) is 5.75 Å². The molecule has 3 rings (SSSR count). The Kier molecular flexibility index (Phi) is 6.36. The second kappa shape index (κ2) is 8.43. The molecule has 1 fully saturated rings. The van der Waals surface area contributed by atoms with E-state index in [1.807, 2.05) is 0 Å². The Labute approximate surface area is 187 Å². The summed E-state index contributed by atoms with van der Waals surface area (Å²) < 4.78 is 53.5. The molecular formula is C20H23ClF3N3O5. The zero-order valence-electron chi connectivity index (χ0n) is 17.9. The molecular weight excluding hydrogens is 455 g/mol. The van der Waals surface area contributed by atoms with Crippen molar-refractivity contribution in [2.75, 3.05) is 13.1 Å². The molecule has 0 bridgehead atoms. The summed E-state index contributed by atoms with van der Waals surface area (Å²) in [4.78, 5) is 17.2. The Balaban J connectivity index is 1.76. The number of alkyl halides is 3. The number of piperidine rings is 1. The van der Waals surface area contributed by atoms with E-state index in [0.717, 1.165) is 0 Å². The van der Waals surface area contributed by atoms with Crippen molar-refractivity contribution >= 4 is 17.7 Å². The predicted octanol–water partition coefficient (Wildman–Crippen LogP) is 4.55. The average molecular weight is 478 g/mol. The summed E-state index contributed by atoms with van der Waals surface area (Å²) in [6, 6.07) is 4.16. The van der Waals surface area contributed by atoms with Gasteiger partial charge in [0, 0.05) is 12.1 Å². The Morgan fingerprint density at radius 1 is 1.34 bits per heavy atom. The number of rotatable bonds is 3. The highest BCUT2D eigenvalue weighted by Crippen LogP contribution is 2.35. The molecule has 0 spiro atoms. The van der Waals surface area contributed by atoms with Gasteiger partial charge in [0.05, 0.1) is 11.6 Å². The number of carbonyl (C=O) groups is 1. The summed E-state index contributed by atoms with van der Waals surface area (Å²) in [6.07, 6.45) is -5.87. The van der Waals surface area contributed by atoms with Crippen LogP contribution in [0.4, 0.5) is 18.0 Å². The minimum absolute atomic E-state index is 0.0553. The molecule has 2 atom stereocenters. The van der Waals surface area contributed by atoms with Gasteiger partial charge in [-0.2, -0.15) is 18.2 Å². The van der Waals surface area contributed by atoms with E-state index in [0.29, 0.717) is 0 Å². The Bertz CT molecular complexity index is 988. The number of nitrogens with zero attached hydrogens (tertiary/aromatic N) is 3. The molecule has 1 aliphatic rings. The van der Waals surface area contributed by atoms with Gasteiger partial charge in [0.15, 0.2) is 0 Å². The second-order valence-corrected chi connectivity index (χ2v) is 9.11. The van der Waals surface area contributed by atoms with E-state index in [4.69, 9.17) is 21.1 Å². The van der Waals surface area contributed by atoms with Gasteiger partial charge in [-0.25, -0.2) is 4.79 Å². The van der Waals surface area contributed by atoms with Crippen molar-refractivity contribution < 1.29 is 37.1 Å². The molecule has 1 aliphatic heterocycles. The van der Waals surface area contributed by atoms with Gasteiger partial charge in [-0.15, -0.1) is 0 Å². The fourth-order valence-corrected chi connectivity index (χ4v) is 3.24. The van der Waals surface area contributed by atoms with Crippen molar-refractivity contribution in [3.63, 3.8) is 0 Å². The largest absolute Gasteiger partial charge is 0.484 e. The molecule has 1 amide bonds. The number of carbonyl (C=O) groups excluding carboxylic acids is 1. The summed E-state index contributed by atoms with van der Waals surface area (Å²) in [5.41, 5.74) is -1.74. The summed E-state index contributed by atoms with van der Waals surface area (Å²) in [6.45, 7) is 7.18. The number of ether oxygens (including phenoxy) is 2. The number of halogens is 4. The molecule has 2 heterocycles. The minimum atomic E-state index is -4.76. The first-order chi connectivity index (χ1) is 14.7. The van der Waals surface area contributed by atoms with Crippen LogP contribution in [0.3, 0.4) is 0 Å². The highest BCUT2D eigenvalue weighted by molar-refractivity contribution is 6.32. The first kappa shape index (κ1) is 24.1. The fourth-order valence-electron chi connectivity index (χ4n) is 3.01. The standard InChI is InChI=1S/C20H23ClF3N3O5/c1-18(2,3)31-17(28)27-8-7-19(4,29)14(10-27)30-13-6-5-11(9-12(13)21)15-25-16(32-26-15)20(22,23)24/h5-6,9,14,29H,7-8,10H2,1-4H3/t14-,19-/m1/s1. The highest BCUT2D eigenvalue weighted by Gasteiger charge is 2.42. The lowest BCUT2D eigenvalue weighted by Crippen LogP contribution is -2.58. The molecule has 8 nitrogen and oxygen atoms in total. The van der Waals surface area contributed by atoms with Gasteiger partial charge in [-0.3, -0.25) is 0 Å². The number of aliphatic hydroxyl groups is 1. The molecule has 1 aromatic carbocycles. The molecule has 2 aromatic rings. The molecule has 12 heteroatoms. The van der Waals surface area contributed by atoms with Crippen LogP contribution >= 0.6 is 11.6 Å². The van der Waals surface area contributed by atoms with Crippen molar-refractivity contribution in [1.82, 2.24) is 15.0 Å². The molecule has 176 valence electrons. The lowest BCUT2D eigenvalue weighted by atomic mass is 9.90. The van der Waals surface area contributed by atoms with E-state index in [2.05, 4.69) is 14.7 Å². The van der Waals surface area contributed by atoms with Gasteiger partial charge < -0.3 is 24.0 Å². The van der Waals surface area contributed by atoms with Crippen LogP contribution in [0.2, 0.25) is 5.02 Å². The molecule has 32 heavy (non-hydrogen) atoms. The smallest absolute Gasteiger partial charge is 0.471 e. The number of likely N-dealkylation sites (tertiary alicyclic amines) is 1. The summed E-state index contributed by atoms with van der Waals surface area (Å²) in [5.74, 6) is -1.58. The third-order valence-electron chi connectivity index (χ3n) is 4.75. The maximum Gasteiger partial charge on any atom is 0.471 e. The van der Waals surface area contributed by atoms with Crippen molar-refractivity contribution in [2.45, 2.75) is 57.6 Å². The fraction of sp³-hybridized carbons (Fsp3) is 0.550. The minimum Gasteiger partial charge on any atom is -0.484 e. The van der Waals surface area contributed by atoms with Crippen molar-refractivity contribution in [3.05, 3.63) is 29.1 Å². The van der Waals surface area contributed by atoms with E-state index in [1.54, 1.807) is 27.7 Å². The van der Waals surface area contributed by atoms with Crippen LogP contribution in [0.25, 0.3) is 11.4 Å². The summed E-state index contributed by atoms with van der Waals surface area (Å²) in [5, 5.41) is 14.1. The Hall–Kier alpha value is -2.53. The number of hydrogen-bond donors (Lipinski definition) is 1. The van der Waals surface area contributed by atoms with Crippen LogP contribution in [0.15, 0.2) is 22.7 Å². The van der Waals surface area contributed by atoms with Crippen molar-refractivity contribution in [3.8, 4) is 17.1 Å². The monoisotopic (exact) mass is 477 g/mol. The molecule has 0 unspecified atom stereocenters. The predicted molar refractivity (Wildman–Crippen MR) is 107 cm³/mol. The number of hydrogen-bond acceptors (Lipinski definition) is 7. The molecule has 1 saturated heterocycles. The third-order valence-corrected chi connectivity index (χ3v) is 5.04. The summed E-state index contributed by atoms with van der Waals surface area (Å²) >= 11 is 6.25. The van der Waals surface area contributed by atoms with Gasteiger partial charge in [0.2, 0.25) is 5.82 Å². The van der Waals surface area contributed by atoms with Crippen molar-refractivity contribution in [1.29, 1.82) is 0 Å². The lowest BCUT2D eigenvalue weighted by Gasteiger charge is -2.42. The molecule has 0 saturated carbocycles. The lowest BCUT2D eigenvalue weighted by molar-refractivity contribution is -0.159.